The van der Waals surface area contributed by atoms with Crippen molar-refractivity contribution in [3.8, 4) is 0 Å². The summed E-state index contributed by atoms with van der Waals surface area (Å²) in [6.07, 6.45) is 4.99. The predicted molar refractivity (Wildman–Crippen MR) is 101 cm³/mol. The molecule has 1 aliphatic rings. The maximum Gasteiger partial charge on any atom is 0.338 e. The first kappa shape index (κ1) is 20.0. The molecule has 0 radical (unpaired) electrons. The van der Waals surface area contributed by atoms with Crippen molar-refractivity contribution in [1.82, 2.24) is 0 Å². The van der Waals surface area contributed by atoms with Crippen molar-refractivity contribution >= 4 is 33.1 Å². The van der Waals surface area contributed by atoms with E-state index >= 15 is 0 Å². The van der Waals surface area contributed by atoms with Crippen LogP contribution in [0.2, 0.25) is 5.02 Å². The monoisotopic (exact) mass is 387 g/mol. The lowest BCUT2D eigenvalue weighted by molar-refractivity contribution is 0.0600. The van der Waals surface area contributed by atoms with Gasteiger partial charge in [0.25, 0.3) is 0 Å². The maximum atomic E-state index is 12.0. The Morgan fingerprint density at radius 1 is 1.36 bits per heavy atom. The number of esters is 1. The van der Waals surface area contributed by atoms with Gasteiger partial charge in [0.2, 0.25) is 0 Å². The Bertz CT molecular complexity index is 753. The molecule has 2 rings (SSSR count). The molecule has 0 heterocycles. The molecule has 0 aliphatic heterocycles. The molecular weight excluding hydrogens is 362 g/mol. The third-order valence-electron chi connectivity index (χ3n) is 5.35. The summed E-state index contributed by atoms with van der Waals surface area (Å²) in [5, 5.41) is 3.76. The molecule has 1 saturated carbocycles. The molecule has 5 nitrogen and oxygen atoms in total. The summed E-state index contributed by atoms with van der Waals surface area (Å²) in [5.41, 5.74) is 1.83. The molecule has 0 aromatic heterocycles. The van der Waals surface area contributed by atoms with Crippen molar-refractivity contribution in [2.24, 2.45) is 0 Å². The first-order chi connectivity index (χ1) is 11.6. The van der Waals surface area contributed by atoms with Gasteiger partial charge in [-0.25, -0.2) is 13.2 Å². The molecule has 140 valence electrons. The molecule has 0 amide bonds. The predicted octanol–water partition coefficient (Wildman–Crippen LogP) is 3.98. The lowest BCUT2D eigenvalue weighted by atomic mass is 9.79. The zero-order valence-corrected chi connectivity index (χ0v) is 16.8. The number of benzene rings is 1. The Labute approximate surface area is 155 Å². The minimum absolute atomic E-state index is 0.190. The van der Waals surface area contributed by atoms with Crippen LogP contribution in [-0.4, -0.2) is 38.5 Å². The second kappa shape index (κ2) is 7.54. The first-order valence-electron chi connectivity index (χ1n) is 8.47. The number of rotatable bonds is 5. The van der Waals surface area contributed by atoms with Crippen LogP contribution in [0.5, 0.6) is 0 Å². The van der Waals surface area contributed by atoms with E-state index in [2.05, 4.69) is 12.2 Å². The van der Waals surface area contributed by atoms with Crippen molar-refractivity contribution in [1.29, 1.82) is 0 Å². The van der Waals surface area contributed by atoms with Gasteiger partial charge in [-0.2, -0.15) is 0 Å². The third kappa shape index (κ3) is 4.47. The minimum atomic E-state index is -3.00. The number of carbonyl (C=O) groups is 1. The smallest absolute Gasteiger partial charge is 0.338 e. The lowest BCUT2D eigenvalue weighted by Crippen LogP contribution is -2.44. The Morgan fingerprint density at radius 2 is 1.96 bits per heavy atom. The number of anilines is 1. The van der Waals surface area contributed by atoms with Crippen LogP contribution in [0, 0.1) is 6.92 Å². The SMILES string of the molecule is CCC1(Nc2cc(Cl)cc(C(=O)OC)c2C)CCC(S(C)(=O)=O)CC1. The van der Waals surface area contributed by atoms with Gasteiger partial charge in [-0.15, -0.1) is 0 Å². The van der Waals surface area contributed by atoms with Crippen molar-refractivity contribution in [3.05, 3.63) is 28.3 Å². The van der Waals surface area contributed by atoms with Crippen molar-refractivity contribution in [2.45, 2.75) is 56.7 Å². The van der Waals surface area contributed by atoms with Crippen LogP contribution < -0.4 is 5.32 Å². The molecule has 7 heteroatoms. The van der Waals surface area contributed by atoms with Gasteiger partial charge < -0.3 is 10.1 Å². The van der Waals surface area contributed by atoms with Gasteiger partial charge in [0.1, 0.15) is 9.84 Å². The van der Waals surface area contributed by atoms with Gasteiger partial charge in [0, 0.05) is 22.5 Å². The molecule has 0 bridgehead atoms. The number of hydrogen-bond acceptors (Lipinski definition) is 5. The highest BCUT2D eigenvalue weighted by molar-refractivity contribution is 7.91. The zero-order valence-electron chi connectivity index (χ0n) is 15.2. The molecule has 1 aromatic rings. The summed E-state index contributed by atoms with van der Waals surface area (Å²) in [5.74, 6) is -0.422. The highest BCUT2D eigenvalue weighted by Crippen LogP contribution is 2.38. The fraction of sp³-hybridized carbons (Fsp3) is 0.611. The third-order valence-corrected chi connectivity index (χ3v) is 7.25. The number of hydrogen-bond donors (Lipinski definition) is 1. The molecule has 0 saturated heterocycles. The largest absolute Gasteiger partial charge is 0.465 e. The highest BCUT2D eigenvalue weighted by Gasteiger charge is 2.37. The first-order valence-corrected chi connectivity index (χ1v) is 10.8. The fourth-order valence-electron chi connectivity index (χ4n) is 3.56. The van der Waals surface area contributed by atoms with Gasteiger partial charge in [-0.1, -0.05) is 18.5 Å². The van der Waals surface area contributed by atoms with Crippen LogP contribution >= 0.6 is 11.6 Å². The molecule has 0 atom stereocenters. The van der Waals surface area contributed by atoms with Gasteiger partial charge in [0.15, 0.2) is 0 Å². The molecule has 1 aromatic carbocycles. The quantitative estimate of drug-likeness (QED) is 0.773. The normalized spacial score (nSPS) is 24.0. The molecule has 1 N–H and O–H groups in total. The van der Waals surface area contributed by atoms with E-state index in [-0.39, 0.29) is 10.8 Å². The molecular formula is C18H26ClNO4S. The van der Waals surface area contributed by atoms with Crippen LogP contribution in [0.3, 0.4) is 0 Å². The summed E-state index contributed by atoms with van der Waals surface area (Å²) in [6, 6.07) is 3.41. The highest BCUT2D eigenvalue weighted by atomic mass is 35.5. The van der Waals surface area contributed by atoms with E-state index in [4.69, 9.17) is 16.3 Å². The number of carbonyl (C=O) groups excluding carboxylic acids is 1. The van der Waals surface area contributed by atoms with Crippen LogP contribution in [0.4, 0.5) is 5.69 Å². The second-order valence-electron chi connectivity index (χ2n) is 6.91. The summed E-state index contributed by atoms with van der Waals surface area (Å²) in [4.78, 5) is 12.0. The van der Waals surface area contributed by atoms with Gasteiger partial charge in [-0.3, -0.25) is 0 Å². The number of halogens is 1. The summed E-state index contributed by atoms with van der Waals surface area (Å²) in [6.45, 7) is 3.95. The summed E-state index contributed by atoms with van der Waals surface area (Å²) in [7, 11) is -1.66. The van der Waals surface area contributed by atoms with Crippen LogP contribution in [0.1, 0.15) is 54.9 Å². The van der Waals surface area contributed by atoms with Crippen LogP contribution in [0.25, 0.3) is 0 Å². The van der Waals surface area contributed by atoms with E-state index in [9.17, 15) is 13.2 Å². The molecule has 0 spiro atoms. The Morgan fingerprint density at radius 3 is 2.44 bits per heavy atom. The number of nitrogens with one attached hydrogen (secondary N) is 1. The average molecular weight is 388 g/mol. The molecule has 0 unspecified atom stereocenters. The second-order valence-corrected chi connectivity index (χ2v) is 9.67. The lowest BCUT2D eigenvalue weighted by Gasteiger charge is -2.41. The van der Waals surface area contributed by atoms with E-state index in [1.165, 1.54) is 13.4 Å². The van der Waals surface area contributed by atoms with Gasteiger partial charge >= 0.3 is 5.97 Å². The van der Waals surface area contributed by atoms with Crippen LogP contribution in [-0.2, 0) is 14.6 Å². The summed E-state index contributed by atoms with van der Waals surface area (Å²) >= 11 is 6.19. The van der Waals surface area contributed by atoms with Crippen molar-refractivity contribution < 1.29 is 17.9 Å². The molecule has 1 aliphatic carbocycles. The Balaban J connectivity index is 2.28. The molecule has 1 fully saturated rings. The average Bonchev–Trinajstić information content (AvgIpc) is 2.56. The van der Waals surface area contributed by atoms with E-state index in [1.807, 2.05) is 13.0 Å². The topological polar surface area (TPSA) is 72.5 Å². The Kier molecular flexibility index (Phi) is 6.05. The van der Waals surface area contributed by atoms with E-state index in [0.29, 0.717) is 23.4 Å². The van der Waals surface area contributed by atoms with Crippen molar-refractivity contribution in [3.63, 3.8) is 0 Å². The Hall–Kier alpha value is -1.27. The van der Waals surface area contributed by atoms with Crippen LogP contribution in [0.15, 0.2) is 12.1 Å². The molecule has 25 heavy (non-hydrogen) atoms. The fourth-order valence-corrected chi connectivity index (χ4v) is 4.87. The van der Waals surface area contributed by atoms with Gasteiger partial charge in [0.05, 0.1) is 17.9 Å². The van der Waals surface area contributed by atoms with E-state index in [1.54, 1.807) is 6.07 Å². The van der Waals surface area contributed by atoms with E-state index in [0.717, 1.165) is 30.5 Å². The number of methoxy groups -OCH3 is 1. The van der Waals surface area contributed by atoms with E-state index < -0.39 is 15.8 Å². The maximum absolute atomic E-state index is 12.0. The minimum Gasteiger partial charge on any atom is -0.465 e. The van der Waals surface area contributed by atoms with Gasteiger partial charge in [-0.05, 0) is 56.7 Å². The summed E-state index contributed by atoms with van der Waals surface area (Å²) < 4.78 is 28.4. The number of sulfone groups is 1. The van der Waals surface area contributed by atoms with Crippen molar-refractivity contribution in [2.75, 3.05) is 18.7 Å². The standard InChI is InChI=1S/C18H26ClNO4S/c1-5-18(8-6-14(7-9-18)25(4,22)23)20-16-11-13(19)10-15(12(16)2)17(21)24-3/h10-11,14,20H,5-9H2,1-4H3. The number of ether oxygens (including phenoxy) is 1. The zero-order chi connectivity index (χ0) is 18.8.